The van der Waals surface area contributed by atoms with E-state index in [1.165, 1.54) is 7.11 Å². The zero-order chi connectivity index (χ0) is 13.1. The summed E-state index contributed by atoms with van der Waals surface area (Å²) < 4.78 is 6.60. The van der Waals surface area contributed by atoms with Gasteiger partial charge in [0.15, 0.2) is 0 Å². The largest absolute Gasteiger partial charge is 0.507 e. The summed E-state index contributed by atoms with van der Waals surface area (Å²) >= 11 is 0. The second-order valence-electron chi connectivity index (χ2n) is 3.87. The molecular weight excluding hydrogens is 230 g/mol. The molecule has 0 atom stereocenters. The van der Waals surface area contributed by atoms with Crippen LogP contribution in [0.3, 0.4) is 0 Å². The number of methoxy groups -OCH3 is 1. The van der Waals surface area contributed by atoms with Gasteiger partial charge in [-0.1, -0.05) is 18.2 Å². The molecule has 0 amide bonds. The minimum absolute atomic E-state index is 0.150. The molecule has 2 rings (SSSR count). The van der Waals surface area contributed by atoms with E-state index >= 15 is 0 Å². The zero-order valence-electron chi connectivity index (χ0n) is 10.4. The van der Waals surface area contributed by atoms with E-state index < -0.39 is 5.97 Å². The number of phenols is 1. The first kappa shape index (κ1) is 12.2. The Hall–Kier alpha value is -2.23. The topological polar surface area (TPSA) is 51.5 Å². The van der Waals surface area contributed by atoms with Gasteiger partial charge < -0.3 is 14.4 Å². The molecule has 18 heavy (non-hydrogen) atoms. The number of hydrogen-bond acceptors (Lipinski definition) is 3. The number of aromatic hydroxyl groups is 1. The van der Waals surface area contributed by atoms with Gasteiger partial charge in [0, 0.05) is 23.9 Å². The van der Waals surface area contributed by atoms with Gasteiger partial charge in [0.05, 0.1) is 7.11 Å². The van der Waals surface area contributed by atoms with E-state index in [-0.39, 0.29) is 5.75 Å². The summed E-state index contributed by atoms with van der Waals surface area (Å²) in [6.45, 7) is 2.61. The number of carbonyl (C=O) groups is 1. The second kappa shape index (κ2) is 4.96. The van der Waals surface area contributed by atoms with E-state index in [2.05, 4.69) is 0 Å². The third-order valence-corrected chi connectivity index (χ3v) is 2.88. The van der Waals surface area contributed by atoms with Crippen LogP contribution in [0.4, 0.5) is 0 Å². The monoisotopic (exact) mass is 245 g/mol. The Morgan fingerprint density at radius 1 is 1.28 bits per heavy atom. The van der Waals surface area contributed by atoms with Gasteiger partial charge in [-0.25, -0.2) is 4.79 Å². The van der Waals surface area contributed by atoms with Crippen LogP contribution >= 0.6 is 0 Å². The number of aromatic nitrogens is 1. The first-order valence-corrected chi connectivity index (χ1v) is 5.74. The third kappa shape index (κ3) is 1.97. The summed E-state index contributed by atoms with van der Waals surface area (Å²) in [7, 11) is 1.35. The Kier molecular flexibility index (Phi) is 3.37. The van der Waals surface area contributed by atoms with E-state index in [1.807, 2.05) is 25.3 Å². The third-order valence-electron chi connectivity index (χ3n) is 2.88. The van der Waals surface area contributed by atoms with Crippen LogP contribution in [0.5, 0.6) is 5.75 Å². The van der Waals surface area contributed by atoms with E-state index in [1.54, 1.807) is 22.8 Å². The van der Waals surface area contributed by atoms with Gasteiger partial charge in [0.2, 0.25) is 0 Å². The predicted octanol–water partition coefficient (Wildman–Crippen LogP) is 2.67. The minimum atomic E-state index is -0.403. The fraction of sp³-hybridized carbons (Fsp3) is 0.214. The maximum atomic E-state index is 11.8. The van der Waals surface area contributed by atoms with Gasteiger partial charge in [-0.3, -0.25) is 0 Å². The lowest BCUT2D eigenvalue weighted by Gasteiger charge is -2.08. The fourth-order valence-corrected chi connectivity index (χ4v) is 1.98. The minimum Gasteiger partial charge on any atom is -0.507 e. The van der Waals surface area contributed by atoms with E-state index in [9.17, 15) is 9.90 Å². The highest BCUT2D eigenvalue weighted by Crippen LogP contribution is 2.32. The van der Waals surface area contributed by atoms with E-state index in [0.717, 1.165) is 0 Å². The van der Waals surface area contributed by atoms with Gasteiger partial charge in [0.25, 0.3) is 0 Å². The van der Waals surface area contributed by atoms with Crippen LogP contribution in [-0.4, -0.2) is 22.8 Å². The molecule has 0 saturated carbocycles. The van der Waals surface area contributed by atoms with Crippen molar-refractivity contribution < 1.29 is 14.6 Å². The maximum absolute atomic E-state index is 11.8. The van der Waals surface area contributed by atoms with Crippen molar-refractivity contribution in [1.82, 2.24) is 4.57 Å². The van der Waals surface area contributed by atoms with E-state index in [4.69, 9.17) is 4.74 Å². The number of ether oxygens (including phenoxy) is 1. The second-order valence-corrected chi connectivity index (χ2v) is 3.87. The zero-order valence-corrected chi connectivity index (χ0v) is 10.4. The van der Waals surface area contributed by atoms with Crippen molar-refractivity contribution in [2.45, 2.75) is 13.5 Å². The Morgan fingerprint density at radius 2 is 2.00 bits per heavy atom. The van der Waals surface area contributed by atoms with Crippen molar-refractivity contribution in [3.63, 3.8) is 0 Å². The number of hydrogen-bond donors (Lipinski definition) is 1. The molecule has 1 N–H and O–H groups in total. The molecule has 0 unspecified atom stereocenters. The summed E-state index contributed by atoms with van der Waals surface area (Å²) in [6, 6.07) is 8.74. The highest BCUT2D eigenvalue weighted by atomic mass is 16.5. The van der Waals surface area contributed by atoms with Crippen LogP contribution in [0.1, 0.15) is 17.4 Å². The van der Waals surface area contributed by atoms with Crippen molar-refractivity contribution in [2.24, 2.45) is 0 Å². The number of benzene rings is 1. The molecule has 94 valence electrons. The summed E-state index contributed by atoms with van der Waals surface area (Å²) in [4.78, 5) is 11.8. The summed E-state index contributed by atoms with van der Waals surface area (Å²) in [5.74, 6) is -0.253. The molecule has 4 heteroatoms. The number of esters is 1. The molecule has 0 radical (unpaired) electrons. The number of nitrogens with zero attached hydrogens (tertiary/aromatic N) is 1. The van der Waals surface area contributed by atoms with Crippen LogP contribution < -0.4 is 0 Å². The fourth-order valence-electron chi connectivity index (χ4n) is 1.98. The lowest BCUT2D eigenvalue weighted by Crippen LogP contribution is -2.10. The number of aryl methyl sites for hydroxylation is 1. The Labute approximate surface area is 105 Å². The van der Waals surface area contributed by atoms with Gasteiger partial charge in [-0.15, -0.1) is 0 Å². The normalized spacial score (nSPS) is 10.3. The average Bonchev–Trinajstić information content (AvgIpc) is 2.82. The molecule has 1 heterocycles. The smallest absolute Gasteiger partial charge is 0.355 e. The molecule has 0 saturated heterocycles. The van der Waals surface area contributed by atoms with Gasteiger partial charge in [-0.2, -0.15) is 0 Å². The number of para-hydroxylation sites is 1. The van der Waals surface area contributed by atoms with Crippen molar-refractivity contribution in [3.05, 3.63) is 42.2 Å². The van der Waals surface area contributed by atoms with Crippen LogP contribution in [0, 0.1) is 0 Å². The van der Waals surface area contributed by atoms with Crippen LogP contribution in [-0.2, 0) is 11.3 Å². The van der Waals surface area contributed by atoms with Gasteiger partial charge in [-0.05, 0) is 19.1 Å². The summed E-state index contributed by atoms with van der Waals surface area (Å²) in [6.07, 6.45) is 1.81. The highest BCUT2D eigenvalue weighted by Gasteiger charge is 2.19. The van der Waals surface area contributed by atoms with Crippen molar-refractivity contribution in [3.8, 4) is 16.9 Å². The predicted molar refractivity (Wildman–Crippen MR) is 68.5 cm³/mol. The molecule has 1 aromatic carbocycles. The van der Waals surface area contributed by atoms with Gasteiger partial charge >= 0.3 is 5.97 Å². The molecule has 0 spiro atoms. The lowest BCUT2D eigenvalue weighted by molar-refractivity contribution is 0.0589. The Balaban J connectivity index is 2.62. The molecule has 0 fully saturated rings. The van der Waals surface area contributed by atoms with Crippen LogP contribution in [0.25, 0.3) is 11.1 Å². The molecule has 0 aliphatic rings. The molecular formula is C14H15NO3. The Morgan fingerprint density at radius 3 is 2.61 bits per heavy atom. The molecule has 0 aliphatic heterocycles. The maximum Gasteiger partial charge on any atom is 0.355 e. The number of rotatable bonds is 3. The Bertz CT molecular complexity index is 572. The van der Waals surface area contributed by atoms with Crippen molar-refractivity contribution >= 4 is 5.97 Å². The van der Waals surface area contributed by atoms with Gasteiger partial charge in [0.1, 0.15) is 11.4 Å². The standard InChI is InChI=1S/C14H15NO3/c1-3-15-9-8-11(13(15)14(17)18-2)10-6-4-5-7-12(10)16/h4-9,16H,3H2,1-2H3. The average molecular weight is 245 g/mol. The molecule has 2 aromatic rings. The highest BCUT2D eigenvalue weighted by molar-refractivity contribution is 5.96. The molecule has 4 nitrogen and oxygen atoms in total. The first-order valence-electron chi connectivity index (χ1n) is 5.74. The number of phenolic OH excluding ortho intramolecular Hbond substituents is 1. The van der Waals surface area contributed by atoms with E-state index in [0.29, 0.717) is 23.4 Å². The molecule has 1 aromatic heterocycles. The van der Waals surface area contributed by atoms with Crippen LogP contribution in [0.2, 0.25) is 0 Å². The molecule has 0 bridgehead atoms. The summed E-state index contributed by atoms with van der Waals surface area (Å²) in [5.41, 5.74) is 1.77. The summed E-state index contributed by atoms with van der Waals surface area (Å²) in [5, 5.41) is 9.86. The molecule has 0 aliphatic carbocycles. The quantitative estimate of drug-likeness (QED) is 0.846. The SMILES string of the molecule is CCn1ccc(-c2ccccc2O)c1C(=O)OC. The number of carbonyl (C=O) groups excluding carboxylic acids is 1. The van der Waals surface area contributed by atoms with Crippen LogP contribution in [0.15, 0.2) is 36.5 Å². The van der Waals surface area contributed by atoms with Crippen molar-refractivity contribution in [1.29, 1.82) is 0 Å². The lowest BCUT2D eigenvalue weighted by atomic mass is 10.1. The van der Waals surface area contributed by atoms with Crippen molar-refractivity contribution in [2.75, 3.05) is 7.11 Å². The first-order chi connectivity index (χ1) is 8.69.